The van der Waals surface area contributed by atoms with Gasteiger partial charge in [-0.05, 0) is 36.1 Å². The standard InChI is InChI=1S/C18H18N2O4S/c1-24-17(21)18(8-9-18)14-6-4-13(5-7-14)15-3-2-10-20-11-12-25(22,23)19-16(15)20/h2-7,10H,8-9,11-12H2,1H3. The predicted molar refractivity (Wildman–Crippen MR) is 94.4 cm³/mol. The predicted octanol–water partition coefficient (Wildman–Crippen LogP) is 1.85. The molecule has 1 aromatic rings. The molecule has 1 fully saturated rings. The Kier molecular flexibility index (Phi) is 3.57. The molecule has 0 unspecified atom stereocenters. The summed E-state index contributed by atoms with van der Waals surface area (Å²) in [5.74, 6) is 0.277. The molecule has 25 heavy (non-hydrogen) atoms. The smallest absolute Gasteiger partial charge is 0.316 e. The molecule has 130 valence electrons. The normalized spacial score (nSPS) is 22.5. The lowest BCUT2D eigenvalue weighted by Crippen LogP contribution is -2.37. The van der Waals surface area contributed by atoms with Gasteiger partial charge in [0.05, 0.1) is 18.3 Å². The number of benzene rings is 1. The number of carbonyl (C=O) groups excluding carboxylic acids is 1. The van der Waals surface area contributed by atoms with E-state index in [1.165, 1.54) is 7.11 Å². The molecule has 1 aliphatic carbocycles. The van der Waals surface area contributed by atoms with Gasteiger partial charge >= 0.3 is 5.97 Å². The Bertz CT molecular complexity index is 922. The van der Waals surface area contributed by atoms with Crippen LogP contribution in [0.3, 0.4) is 0 Å². The summed E-state index contributed by atoms with van der Waals surface area (Å²) in [6.45, 7) is 0.401. The van der Waals surface area contributed by atoms with Crippen molar-refractivity contribution < 1.29 is 17.9 Å². The number of rotatable bonds is 3. The van der Waals surface area contributed by atoms with Crippen LogP contribution in [-0.2, 0) is 25.0 Å². The first-order valence-corrected chi connectivity index (χ1v) is 9.74. The average Bonchev–Trinajstić information content (AvgIpc) is 3.42. The second-order valence-electron chi connectivity index (χ2n) is 6.47. The van der Waals surface area contributed by atoms with Crippen molar-refractivity contribution in [2.75, 3.05) is 19.4 Å². The number of fused-ring (bicyclic) bond motifs is 1. The van der Waals surface area contributed by atoms with Crippen LogP contribution in [0.2, 0.25) is 0 Å². The number of methoxy groups -OCH3 is 1. The maximum Gasteiger partial charge on any atom is 0.316 e. The molecule has 2 heterocycles. The SMILES string of the molecule is COC(=O)C1(c2ccc(C3=CC=CN4CCS(=O)(=O)N=C34)cc2)CC1. The van der Waals surface area contributed by atoms with Gasteiger partial charge in [-0.15, -0.1) is 4.40 Å². The Morgan fingerprint density at radius 3 is 2.60 bits per heavy atom. The number of nitrogens with zero attached hydrogens (tertiary/aromatic N) is 2. The van der Waals surface area contributed by atoms with E-state index in [-0.39, 0.29) is 11.7 Å². The molecule has 0 amide bonds. The molecule has 0 radical (unpaired) electrons. The topological polar surface area (TPSA) is 76.0 Å². The zero-order chi connectivity index (χ0) is 17.7. The zero-order valence-electron chi connectivity index (χ0n) is 13.8. The molecule has 0 atom stereocenters. The first kappa shape index (κ1) is 16.1. The van der Waals surface area contributed by atoms with Crippen LogP contribution in [-0.4, -0.2) is 44.5 Å². The van der Waals surface area contributed by atoms with Gasteiger partial charge in [0.2, 0.25) is 0 Å². The van der Waals surface area contributed by atoms with Crippen LogP contribution in [0.25, 0.3) is 5.57 Å². The summed E-state index contributed by atoms with van der Waals surface area (Å²) in [5.41, 5.74) is 2.06. The highest BCUT2D eigenvalue weighted by Crippen LogP contribution is 2.49. The van der Waals surface area contributed by atoms with Crippen LogP contribution in [0.1, 0.15) is 24.0 Å². The summed E-state index contributed by atoms with van der Waals surface area (Å²) in [6, 6.07) is 7.65. The summed E-state index contributed by atoms with van der Waals surface area (Å²) in [7, 11) is -2.01. The van der Waals surface area contributed by atoms with E-state index in [0.717, 1.165) is 29.5 Å². The van der Waals surface area contributed by atoms with Crippen LogP contribution >= 0.6 is 0 Å². The monoisotopic (exact) mass is 358 g/mol. The van der Waals surface area contributed by atoms with Crippen molar-refractivity contribution in [3.8, 4) is 0 Å². The average molecular weight is 358 g/mol. The highest BCUT2D eigenvalue weighted by atomic mass is 32.2. The molecule has 6 nitrogen and oxygen atoms in total. The van der Waals surface area contributed by atoms with Gasteiger partial charge in [0.1, 0.15) is 0 Å². The molecule has 4 rings (SSSR count). The zero-order valence-corrected chi connectivity index (χ0v) is 14.6. The lowest BCUT2D eigenvalue weighted by atomic mass is 9.93. The Morgan fingerprint density at radius 2 is 1.96 bits per heavy atom. The first-order chi connectivity index (χ1) is 12.0. The molecular formula is C18H18N2O4S. The van der Waals surface area contributed by atoms with E-state index in [2.05, 4.69) is 4.40 Å². The molecular weight excluding hydrogens is 340 g/mol. The van der Waals surface area contributed by atoms with Crippen molar-refractivity contribution in [1.82, 2.24) is 4.90 Å². The maximum atomic E-state index is 12.0. The molecule has 0 aromatic heterocycles. The summed E-state index contributed by atoms with van der Waals surface area (Å²) >= 11 is 0. The van der Waals surface area contributed by atoms with Crippen LogP contribution in [0.15, 0.2) is 47.0 Å². The fourth-order valence-electron chi connectivity index (χ4n) is 3.34. The Labute approximate surface area is 146 Å². The molecule has 1 saturated carbocycles. The van der Waals surface area contributed by atoms with Crippen molar-refractivity contribution in [1.29, 1.82) is 0 Å². The van der Waals surface area contributed by atoms with Crippen LogP contribution in [0.5, 0.6) is 0 Å². The molecule has 0 bridgehead atoms. The van der Waals surface area contributed by atoms with Gasteiger partial charge in [-0.2, -0.15) is 0 Å². The highest BCUT2D eigenvalue weighted by Gasteiger charge is 2.52. The van der Waals surface area contributed by atoms with E-state index >= 15 is 0 Å². The number of ether oxygens (including phenoxy) is 1. The Balaban J connectivity index is 1.69. The molecule has 0 spiro atoms. The molecule has 7 heteroatoms. The van der Waals surface area contributed by atoms with Crippen molar-refractivity contribution in [2.45, 2.75) is 18.3 Å². The van der Waals surface area contributed by atoms with Gasteiger partial charge in [0.15, 0.2) is 5.84 Å². The number of amidine groups is 1. The number of allylic oxidation sites excluding steroid dienone is 2. The first-order valence-electron chi connectivity index (χ1n) is 8.13. The van der Waals surface area contributed by atoms with Crippen molar-refractivity contribution in [2.24, 2.45) is 4.40 Å². The number of sulfonamides is 1. The lowest BCUT2D eigenvalue weighted by Gasteiger charge is -2.29. The van der Waals surface area contributed by atoms with Gasteiger partial charge in [0, 0.05) is 18.3 Å². The second-order valence-corrected chi connectivity index (χ2v) is 8.22. The van der Waals surface area contributed by atoms with Crippen molar-refractivity contribution in [3.05, 3.63) is 53.7 Å². The van der Waals surface area contributed by atoms with Gasteiger partial charge < -0.3 is 9.64 Å². The van der Waals surface area contributed by atoms with Gasteiger partial charge in [-0.25, -0.2) is 8.42 Å². The Hall–Kier alpha value is -2.41. The third-order valence-electron chi connectivity index (χ3n) is 4.93. The lowest BCUT2D eigenvalue weighted by molar-refractivity contribution is -0.143. The summed E-state index contributed by atoms with van der Waals surface area (Å²) in [5, 5.41) is 0. The van der Waals surface area contributed by atoms with Crippen LogP contribution in [0.4, 0.5) is 0 Å². The number of esters is 1. The molecule has 1 aromatic carbocycles. The Morgan fingerprint density at radius 1 is 1.24 bits per heavy atom. The largest absolute Gasteiger partial charge is 0.468 e. The van der Waals surface area contributed by atoms with E-state index < -0.39 is 15.4 Å². The molecule has 0 saturated heterocycles. The van der Waals surface area contributed by atoms with Gasteiger partial charge in [-0.1, -0.05) is 24.3 Å². The third kappa shape index (κ3) is 2.68. The van der Waals surface area contributed by atoms with E-state index in [0.29, 0.717) is 12.4 Å². The molecule has 2 aliphatic heterocycles. The minimum absolute atomic E-state index is 0.0225. The van der Waals surface area contributed by atoms with Gasteiger partial charge in [-0.3, -0.25) is 4.79 Å². The van der Waals surface area contributed by atoms with Crippen LogP contribution in [0, 0.1) is 0 Å². The summed E-state index contributed by atoms with van der Waals surface area (Å²) in [4.78, 5) is 13.9. The van der Waals surface area contributed by atoms with Crippen molar-refractivity contribution in [3.63, 3.8) is 0 Å². The highest BCUT2D eigenvalue weighted by molar-refractivity contribution is 7.90. The fraction of sp³-hybridized carbons (Fsp3) is 0.333. The third-order valence-corrected chi connectivity index (χ3v) is 6.08. The van der Waals surface area contributed by atoms with E-state index in [1.54, 1.807) is 0 Å². The minimum Gasteiger partial charge on any atom is -0.468 e. The van der Waals surface area contributed by atoms with E-state index in [1.807, 2.05) is 47.5 Å². The van der Waals surface area contributed by atoms with Crippen LogP contribution < -0.4 is 0 Å². The number of hydrogen-bond donors (Lipinski definition) is 0. The molecule has 0 N–H and O–H groups in total. The van der Waals surface area contributed by atoms with Gasteiger partial charge in [0.25, 0.3) is 10.0 Å². The summed E-state index contributed by atoms with van der Waals surface area (Å²) in [6.07, 6.45) is 7.17. The van der Waals surface area contributed by atoms with Crippen molar-refractivity contribution >= 4 is 27.4 Å². The number of hydrogen-bond acceptors (Lipinski definition) is 5. The molecule has 3 aliphatic rings. The minimum atomic E-state index is -3.42. The second kappa shape index (κ2) is 5.56. The number of carbonyl (C=O) groups is 1. The fourth-order valence-corrected chi connectivity index (χ4v) is 4.33. The van der Waals surface area contributed by atoms with E-state index in [9.17, 15) is 13.2 Å². The van der Waals surface area contributed by atoms with E-state index in [4.69, 9.17) is 4.74 Å². The summed E-state index contributed by atoms with van der Waals surface area (Å²) < 4.78 is 32.6. The quantitative estimate of drug-likeness (QED) is 0.771. The maximum absolute atomic E-state index is 12.0.